The third-order valence-corrected chi connectivity index (χ3v) is 2.30. The van der Waals surface area contributed by atoms with Crippen molar-refractivity contribution in [2.75, 3.05) is 13.7 Å². The maximum absolute atomic E-state index is 12.9. The molecule has 18 heavy (non-hydrogen) atoms. The third-order valence-electron chi connectivity index (χ3n) is 2.30. The van der Waals surface area contributed by atoms with Crippen molar-refractivity contribution in [2.45, 2.75) is 26.7 Å². The van der Waals surface area contributed by atoms with E-state index in [-0.39, 0.29) is 30.0 Å². The highest BCUT2D eigenvalue weighted by molar-refractivity contribution is 5.74. The molecule has 100 valence electrons. The zero-order valence-corrected chi connectivity index (χ0v) is 10.5. The summed E-state index contributed by atoms with van der Waals surface area (Å²) >= 11 is 0. The number of halogens is 2. The summed E-state index contributed by atoms with van der Waals surface area (Å²) in [7, 11) is 1.33. The van der Waals surface area contributed by atoms with Crippen molar-refractivity contribution in [1.82, 2.24) is 4.98 Å². The molecular formula is C12H15F2NO3. The number of carbonyl (C=O) groups is 1. The number of alkyl halides is 2. The molecule has 0 spiro atoms. The fourth-order valence-electron chi connectivity index (χ4n) is 1.59. The van der Waals surface area contributed by atoms with Crippen molar-refractivity contribution in [2.24, 2.45) is 0 Å². The van der Waals surface area contributed by atoms with Gasteiger partial charge in [-0.05, 0) is 19.9 Å². The van der Waals surface area contributed by atoms with Gasteiger partial charge < -0.3 is 9.47 Å². The number of hydrogen-bond acceptors (Lipinski definition) is 4. The van der Waals surface area contributed by atoms with Crippen LogP contribution in [0.4, 0.5) is 8.78 Å². The van der Waals surface area contributed by atoms with Gasteiger partial charge in [-0.2, -0.15) is 0 Å². The van der Waals surface area contributed by atoms with Crippen molar-refractivity contribution >= 4 is 5.97 Å². The average molecular weight is 259 g/mol. The van der Waals surface area contributed by atoms with E-state index in [1.165, 1.54) is 13.2 Å². The number of rotatable bonds is 5. The Morgan fingerprint density at radius 2 is 2.17 bits per heavy atom. The van der Waals surface area contributed by atoms with Crippen LogP contribution in [0.1, 0.15) is 30.2 Å². The number of hydrogen-bond donors (Lipinski definition) is 0. The molecule has 0 aliphatic heterocycles. The lowest BCUT2D eigenvalue weighted by Crippen LogP contribution is -2.12. The minimum absolute atomic E-state index is 0.0401. The quantitative estimate of drug-likeness (QED) is 0.762. The molecule has 0 aliphatic rings. The van der Waals surface area contributed by atoms with E-state index < -0.39 is 12.4 Å². The molecule has 1 aromatic heterocycles. The number of aromatic nitrogens is 1. The maximum Gasteiger partial charge on any atom is 0.310 e. The van der Waals surface area contributed by atoms with E-state index in [0.717, 1.165) is 0 Å². The lowest BCUT2D eigenvalue weighted by Gasteiger charge is -2.13. The summed E-state index contributed by atoms with van der Waals surface area (Å²) in [5, 5.41) is 0. The van der Waals surface area contributed by atoms with E-state index in [9.17, 15) is 13.6 Å². The lowest BCUT2D eigenvalue weighted by molar-refractivity contribution is -0.142. The summed E-state index contributed by atoms with van der Waals surface area (Å²) in [6.07, 6.45) is -2.96. The van der Waals surface area contributed by atoms with Crippen molar-refractivity contribution in [3.63, 3.8) is 0 Å². The van der Waals surface area contributed by atoms with E-state index in [2.05, 4.69) is 4.98 Å². The minimum Gasteiger partial charge on any atom is -0.481 e. The number of nitrogens with zero attached hydrogens (tertiary/aromatic N) is 1. The highest BCUT2D eigenvalue weighted by Crippen LogP contribution is 2.30. The third kappa shape index (κ3) is 3.38. The van der Waals surface area contributed by atoms with Crippen LogP contribution in [-0.4, -0.2) is 24.7 Å². The van der Waals surface area contributed by atoms with Crippen LogP contribution in [0, 0.1) is 6.92 Å². The topological polar surface area (TPSA) is 48.4 Å². The molecule has 0 atom stereocenters. The van der Waals surface area contributed by atoms with Gasteiger partial charge >= 0.3 is 5.97 Å². The van der Waals surface area contributed by atoms with Crippen LogP contribution in [0.25, 0.3) is 0 Å². The fraction of sp³-hybridized carbons (Fsp3) is 0.500. The fourth-order valence-corrected chi connectivity index (χ4v) is 1.59. The molecule has 0 N–H and O–H groups in total. The molecule has 0 saturated carbocycles. The molecule has 0 unspecified atom stereocenters. The summed E-state index contributed by atoms with van der Waals surface area (Å²) in [4.78, 5) is 15.4. The molecule has 0 fully saturated rings. The second kappa shape index (κ2) is 6.28. The van der Waals surface area contributed by atoms with Crippen LogP contribution in [-0.2, 0) is 16.0 Å². The molecule has 1 rings (SSSR count). The Morgan fingerprint density at radius 3 is 2.67 bits per heavy atom. The number of pyridine rings is 1. The van der Waals surface area contributed by atoms with Crippen LogP contribution >= 0.6 is 0 Å². The lowest BCUT2D eigenvalue weighted by atomic mass is 10.1. The predicted molar refractivity (Wildman–Crippen MR) is 60.8 cm³/mol. The van der Waals surface area contributed by atoms with E-state index in [1.54, 1.807) is 13.8 Å². The summed E-state index contributed by atoms with van der Waals surface area (Å²) in [5.41, 5.74) is 0.249. The van der Waals surface area contributed by atoms with E-state index in [4.69, 9.17) is 9.47 Å². The molecule has 0 saturated heterocycles. The standard InChI is InChI=1S/C12H15F2NO3/c1-4-18-10(16)6-9-8(11(13)14)5-7(2)15-12(9)17-3/h5,11H,4,6H2,1-3H3. The number of aryl methyl sites for hydroxylation is 1. The summed E-state index contributed by atoms with van der Waals surface area (Å²) in [6.45, 7) is 3.43. The van der Waals surface area contributed by atoms with Crippen LogP contribution in [0.5, 0.6) is 5.88 Å². The Hall–Kier alpha value is -1.72. The number of methoxy groups -OCH3 is 1. The van der Waals surface area contributed by atoms with Gasteiger partial charge in [-0.25, -0.2) is 13.8 Å². The summed E-state index contributed by atoms with van der Waals surface area (Å²) < 4.78 is 35.5. The monoisotopic (exact) mass is 259 g/mol. The van der Waals surface area contributed by atoms with Crippen molar-refractivity contribution < 1.29 is 23.0 Å². The van der Waals surface area contributed by atoms with Crippen LogP contribution in [0.15, 0.2) is 6.07 Å². The first-order chi connectivity index (χ1) is 8.49. The Labute approximate surface area is 104 Å². The molecule has 0 aliphatic carbocycles. The first-order valence-electron chi connectivity index (χ1n) is 5.47. The first kappa shape index (κ1) is 14.3. The van der Waals surface area contributed by atoms with Gasteiger partial charge in [-0.3, -0.25) is 4.79 Å². The second-order valence-corrected chi connectivity index (χ2v) is 3.62. The smallest absolute Gasteiger partial charge is 0.310 e. The van der Waals surface area contributed by atoms with Gasteiger partial charge in [0, 0.05) is 16.8 Å². The number of esters is 1. The predicted octanol–water partition coefficient (Wildman–Crippen LogP) is 2.44. The molecule has 1 aromatic rings. The molecule has 0 bridgehead atoms. The summed E-state index contributed by atoms with van der Waals surface area (Å²) in [6, 6.07) is 1.25. The molecule has 0 aromatic carbocycles. The van der Waals surface area contributed by atoms with Gasteiger partial charge in [0.2, 0.25) is 5.88 Å². The Morgan fingerprint density at radius 1 is 1.50 bits per heavy atom. The molecule has 0 amide bonds. The van der Waals surface area contributed by atoms with Gasteiger partial charge in [0.15, 0.2) is 0 Å². The van der Waals surface area contributed by atoms with Crippen molar-refractivity contribution in [3.05, 3.63) is 22.9 Å². The Kier molecular flexibility index (Phi) is 5.00. The average Bonchev–Trinajstić information content (AvgIpc) is 2.30. The van der Waals surface area contributed by atoms with Gasteiger partial charge in [-0.1, -0.05) is 0 Å². The van der Waals surface area contributed by atoms with Crippen LogP contribution in [0.2, 0.25) is 0 Å². The largest absolute Gasteiger partial charge is 0.481 e. The zero-order chi connectivity index (χ0) is 13.7. The Bertz CT molecular complexity index is 436. The van der Waals surface area contributed by atoms with Crippen molar-refractivity contribution in [1.29, 1.82) is 0 Å². The zero-order valence-electron chi connectivity index (χ0n) is 10.5. The van der Waals surface area contributed by atoms with Crippen molar-refractivity contribution in [3.8, 4) is 5.88 Å². The maximum atomic E-state index is 12.9. The van der Waals surface area contributed by atoms with E-state index in [1.807, 2.05) is 0 Å². The van der Waals surface area contributed by atoms with E-state index in [0.29, 0.717) is 5.69 Å². The highest BCUT2D eigenvalue weighted by Gasteiger charge is 2.21. The van der Waals surface area contributed by atoms with Gasteiger partial charge in [0.25, 0.3) is 6.43 Å². The van der Waals surface area contributed by atoms with E-state index >= 15 is 0 Å². The van der Waals surface area contributed by atoms with Crippen LogP contribution < -0.4 is 4.74 Å². The second-order valence-electron chi connectivity index (χ2n) is 3.62. The summed E-state index contributed by atoms with van der Waals surface area (Å²) in [5.74, 6) is -0.540. The SMILES string of the molecule is CCOC(=O)Cc1c(C(F)F)cc(C)nc1OC. The molecular weight excluding hydrogens is 244 g/mol. The van der Waals surface area contributed by atoms with Gasteiger partial charge in [0.05, 0.1) is 20.1 Å². The molecule has 4 nitrogen and oxygen atoms in total. The first-order valence-corrected chi connectivity index (χ1v) is 5.47. The molecule has 6 heteroatoms. The van der Waals surface area contributed by atoms with Gasteiger partial charge in [0.1, 0.15) is 0 Å². The normalized spacial score (nSPS) is 10.6. The molecule has 1 heterocycles. The Balaban J connectivity index is 3.16. The van der Waals surface area contributed by atoms with Gasteiger partial charge in [-0.15, -0.1) is 0 Å². The molecule has 0 radical (unpaired) electrons. The highest BCUT2D eigenvalue weighted by atomic mass is 19.3. The number of carbonyl (C=O) groups excluding carboxylic acids is 1. The number of ether oxygens (including phenoxy) is 2. The van der Waals surface area contributed by atoms with Crippen LogP contribution in [0.3, 0.4) is 0 Å². The minimum atomic E-state index is -2.69.